The summed E-state index contributed by atoms with van der Waals surface area (Å²) in [6.45, 7) is 3.11. The molecular formula is C19H29N3O4S. The number of piperidine rings is 1. The van der Waals surface area contributed by atoms with Crippen LogP contribution in [-0.4, -0.2) is 63.9 Å². The van der Waals surface area contributed by atoms with Gasteiger partial charge in [-0.1, -0.05) is 0 Å². The smallest absolute Gasteiger partial charge is 0.243 e. The average Bonchev–Trinajstić information content (AvgIpc) is 3.19. The third kappa shape index (κ3) is 4.80. The summed E-state index contributed by atoms with van der Waals surface area (Å²) >= 11 is 0. The first-order valence-corrected chi connectivity index (χ1v) is 11.0. The Hall–Kier alpha value is -1.64. The fraction of sp³-hybridized carbons (Fsp3) is 0.632. The number of carbonyl (C=O) groups is 1. The molecule has 1 amide bonds. The summed E-state index contributed by atoms with van der Waals surface area (Å²) in [6, 6.07) is 4.66. The van der Waals surface area contributed by atoms with E-state index in [1.165, 1.54) is 17.5 Å². The number of rotatable bonds is 6. The molecule has 0 aromatic heterocycles. The Kier molecular flexibility index (Phi) is 6.39. The molecule has 0 bridgehead atoms. The largest absolute Gasteiger partial charge is 0.495 e. The van der Waals surface area contributed by atoms with Crippen molar-refractivity contribution < 1.29 is 17.9 Å². The van der Waals surface area contributed by atoms with Crippen LogP contribution in [0.2, 0.25) is 0 Å². The van der Waals surface area contributed by atoms with Crippen LogP contribution in [0, 0.1) is 5.92 Å². The van der Waals surface area contributed by atoms with Crippen LogP contribution in [0.15, 0.2) is 23.1 Å². The fourth-order valence-corrected chi connectivity index (χ4v) is 5.30. The normalized spacial score (nSPS) is 19.9. The molecule has 1 N–H and O–H groups in total. The van der Waals surface area contributed by atoms with Crippen LogP contribution in [0.25, 0.3) is 0 Å². The van der Waals surface area contributed by atoms with Gasteiger partial charge in [-0.05, 0) is 69.9 Å². The second kappa shape index (κ2) is 8.58. The summed E-state index contributed by atoms with van der Waals surface area (Å²) in [4.78, 5) is 15.0. The third-order valence-corrected chi connectivity index (χ3v) is 7.35. The Morgan fingerprint density at radius 3 is 2.48 bits per heavy atom. The highest BCUT2D eigenvalue weighted by atomic mass is 32.2. The summed E-state index contributed by atoms with van der Waals surface area (Å²) in [5.41, 5.74) is 0.413. The van der Waals surface area contributed by atoms with E-state index in [4.69, 9.17) is 4.74 Å². The van der Waals surface area contributed by atoms with E-state index in [2.05, 4.69) is 17.3 Å². The molecule has 0 unspecified atom stereocenters. The van der Waals surface area contributed by atoms with Gasteiger partial charge in [0.15, 0.2) is 0 Å². The number of carbonyl (C=O) groups excluding carboxylic acids is 1. The first-order valence-electron chi connectivity index (χ1n) is 9.56. The van der Waals surface area contributed by atoms with Crippen molar-refractivity contribution >= 4 is 21.6 Å². The number of nitrogens with one attached hydrogen (secondary N) is 1. The molecule has 8 heteroatoms. The summed E-state index contributed by atoms with van der Waals surface area (Å²) in [6.07, 6.45) is 4.22. The minimum atomic E-state index is -3.53. The van der Waals surface area contributed by atoms with Crippen LogP contribution in [0.4, 0.5) is 5.69 Å². The van der Waals surface area contributed by atoms with Crippen LogP contribution in [0.1, 0.15) is 32.1 Å². The molecule has 2 aliphatic heterocycles. The molecule has 7 nitrogen and oxygen atoms in total. The lowest BCUT2D eigenvalue weighted by molar-refractivity contribution is -0.117. The Morgan fingerprint density at radius 1 is 1.19 bits per heavy atom. The van der Waals surface area contributed by atoms with Crippen molar-refractivity contribution in [3.8, 4) is 5.75 Å². The number of nitrogens with zero attached hydrogens (tertiary/aromatic N) is 2. The van der Waals surface area contributed by atoms with Gasteiger partial charge in [0.25, 0.3) is 0 Å². The van der Waals surface area contributed by atoms with Gasteiger partial charge in [0.2, 0.25) is 15.9 Å². The summed E-state index contributed by atoms with van der Waals surface area (Å²) in [5, 5.41) is 2.86. The lowest BCUT2D eigenvalue weighted by atomic mass is 9.93. The Labute approximate surface area is 161 Å². The molecule has 27 heavy (non-hydrogen) atoms. The van der Waals surface area contributed by atoms with Gasteiger partial charge in [0.1, 0.15) is 5.75 Å². The molecule has 1 aromatic rings. The maximum absolute atomic E-state index is 12.8. The zero-order valence-corrected chi connectivity index (χ0v) is 16.9. The molecule has 1 aromatic carbocycles. The predicted octanol–water partition coefficient (Wildman–Crippen LogP) is 2.15. The number of likely N-dealkylation sites (tertiary alicyclic amines) is 1. The topological polar surface area (TPSA) is 79.0 Å². The van der Waals surface area contributed by atoms with Crippen molar-refractivity contribution in [1.29, 1.82) is 0 Å². The molecule has 0 aliphatic carbocycles. The number of hydrogen-bond donors (Lipinski definition) is 1. The lowest BCUT2D eigenvalue weighted by Crippen LogP contribution is -2.32. The second-order valence-corrected chi connectivity index (χ2v) is 9.41. The first kappa shape index (κ1) is 20.1. The SMILES string of the molecule is COc1ccc(S(=O)(=O)N2CCCC2)cc1NC(=O)CC1CCN(C)CC1. The van der Waals surface area contributed by atoms with E-state index >= 15 is 0 Å². The molecule has 0 radical (unpaired) electrons. The summed E-state index contributed by atoms with van der Waals surface area (Å²) in [7, 11) is 0.0669. The highest BCUT2D eigenvalue weighted by molar-refractivity contribution is 7.89. The van der Waals surface area contributed by atoms with E-state index in [1.54, 1.807) is 12.1 Å². The number of benzene rings is 1. The maximum atomic E-state index is 12.8. The van der Waals surface area contributed by atoms with Crippen molar-refractivity contribution in [2.45, 2.75) is 37.0 Å². The van der Waals surface area contributed by atoms with E-state index < -0.39 is 10.0 Å². The van der Waals surface area contributed by atoms with Crippen molar-refractivity contribution in [3.05, 3.63) is 18.2 Å². The van der Waals surface area contributed by atoms with Gasteiger partial charge >= 0.3 is 0 Å². The molecule has 2 heterocycles. The number of anilines is 1. The van der Waals surface area contributed by atoms with Gasteiger partial charge in [-0.3, -0.25) is 4.79 Å². The van der Waals surface area contributed by atoms with Crippen molar-refractivity contribution in [3.63, 3.8) is 0 Å². The van der Waals surface area contributed by atoms with Crippen molar-refractivity contribution in [2.24, 2.45) is 5.92 Å². The van der Waals surface area contributed by atoms with Gasteiger partial charge in [-0.2, -0.15) is 4.31 Å². The summed E-state index contributed by atoms with van der Waals surface area (Å²) in [5.74, 6) is 0.731. The lowest BCUT2D eigenvalue weighted by Gasteiger charge is -2.28. The second-order valence-electron chi connectivity index (χ2n) is 7.47. The summed E-state index contributed by atoms with van der Waals surface area (Å²) < 4.78 is 32.4. The monoisotopic (exact) mass is 395 g/mol. The van der Waals surface area contributed by atoms with Crippen LogP contribution < -0.4 is 10.1 Å². The Bertz CT molecular complexity index is 767. The van der Waals surface area contributed by atoms with E-state index in [0.717, 1.165) is 38.8 Å². The van der Waals surface area contributed by atoms with Crippen LogP contribution in [0.5, 0.6) is 5.75 Å². The van der Waals surface area contributed by atoms with Crippen molar-refractivity contribution in [2.75, 3.05) is 45.7 Å². The number of hydrogen-bond acceptors (Lipinski definition) is 5. The van der Waals surface area contributed by atoms with E-state index in [-0.39, 0.29) is 10.8 Å². The fourth-order valence-electron chi connectivity index (χ4n) is 3.75. The number of sulfonamides is 1. The predicted molar refractivity (Wildman–Crippen MR) is 104 cm³/mol. The molecule has 2 aliphatic rings. The van der Waals surface area contributed by atoms with Gasteiger partial charge in [-0.15, -0.1) is 0 Å². The maximum Gasteiger partial charge on any atom is 0.243 e. The average molecular weight is 396 g/mol. The van der Waals surface area contributed by atoms with Gasteiger partial charge < -0.3 is 15.0 Å². The molecule has 0 atom stereocenters. The quantitative estimate of drug-likeness (QED) is 0.798. The molecule has 0 spiro atoms. The minimum absolute atomic E-state index is 0.0985. The zero-order valence-electron chi connectivity index (χ0n) is 16.1. The number of amides is 1. The van der Waals surface area contributed by atoms with Crippen molar-refractivity contribution in [1.82, 2.24) is 9.21 Å². The van der Waals surface area contributed by atoms with Gasteiger partial charge in [0, 0.05) is 19.5 Å². The molecule has 150 valence electrons. The van der Waals surface area contributed by atoms with Gasteiger partial charge in [-0.25, -0.2) is 8.42 Å². The highest BCUT2D eigenvalue weighted by Gasteiger charge is 2.28. The molecule has 3 rings (SSSR count). The first-order chi connectivity index (χ1) is 12.9. The molecule has 2 saturated heterocycles. The zero-order chi connectivity index (χ0) is 19.4. The Balaban J connectivity index is 1.72. The standard InChI is InChI=1S/C19H29N3O4S/c1-21-11-7-15(8-12-21)13-19(23)20-17-14-16(5-6-18(17)26-2)27(24,25)22-9-3-4-10-22/h5-6,14-15H,3-4,7-13H2,1-2H3,(H,20,23). The third-order valence-electron chi connectivity index (χ3n) is 5.46. The van der Waals surface area contributed by atoms with Gasteiger partial charge in [0.05, 0.1) is 17.7 Å². The Morgan fingerprint density at radius 2 is 1.85 bits per heavy atom. The van der Waals surface area contributed by atoms with Crippen LogP contribution >= 0.6 is 0 Å². The highest BCUT2D eigenvalue weighted by Crippen LogP contribution is 2.30. The van der Waals surface area contributed by atoms with E-state index in [0.29, 0.717) is 36.9 Å². The molecule has 0 saturated carbocycles. The van der Waals surface area contributed by atoms with E-state index in [1.807, 2.05) is 0 Å². The van der Waals surface area contributed by atoms with E-state index in [9.17, 15) is 13.2 Å². The molecule has 2 fully saturated rings. The van der Waals surface area contributed by atoms with Crippen LogP contribution in [-0.2, 0) is 14.8 Å². The van der Waals surface area contributed by atoms with Crippen LogP contribution in [0.3, 0.4) is 0 Å². The minimum Gasteiger partial charge on any atom is -0.495 e. The molecular weight excluding hydrogens is 366 g/mol. The number of methoxy groups -OCH3 is 1. The number of ether oxygens (including phenoxy) is 1.